The summed E-state index contributed by atoms with van der Waals surface area (Å²) in [6.45, 7) is 1.22. The first-order chi connectivity index (χ1) is 12.8. The van der Waals surface area contributed by atoms with Crippen LogP contribution < -0.4 is 10.3 Å². The van der Waals surface area contributed by atoms with Crippen LogP contribution in [-0.2, 0) is 13.0 Å². The number of fused-ring (bicyclic) bond motifs is 2. The average Bonchev–Trinajstić information content (AvgIpc) is 2.92. The van der Waals surface area contributed by atoms with E-state index in [9.17, 15) is 4.79 Å². The lowest BCUT2D eigenvalue weighted by molar-refractivity contribution is 0.364. The fraction of sp³-hybridized carbons (Fsp3) is 0.273. The number of hydrogen-bond donors (Lipinski definition) is 0. The molecule has 2 heterocycles. The topological polar surface area (TPSA) is 44.1 Å². The number of nitrogens with zero attached hydrogens (tertiary/aromatic N) is 2. The monoisotopic (exact) mass is 346 g/mol. The lowest BCUT2D eigenvalue weighted by atomic mass is 10.2. The Labute approximate surface area is 152 Å². The van der Waals surface area contributed by atoms with Crippen molar-refractivity contribution in [1.82, 2.24) is 9.55 Å². The molecule has 26 heavy (non-hydrogen) atoms. The average molecular weight is 346 g/mol. The summed E-state index contributed by atoms with van der Waals surface area (Å²) in [5, 5.41) is 0.639. The summed E-state index contributed by atoms with van der Waals surface area (Å²) >= 11 is 0. The van der Waals surface area contributed by atoms with E-state index in [2.05, 4.69) is 0 Å². The highest BCUT2D eigenvalue weighted by Gasteiger charge is 2.14. The van der Waals surface area contributed by atoms with Gasteiger partial charge in [0.25, 0.3) is 5.56 Å². The largest absolute Gasteiger partial charge is 0.490 e. The molecule has 0 saturated heterocycles. The van der Waals surface area contributed by atoms with E-state index in [1.807, 2.05) is 65.3 Å². The number of benzene rings is 2. The van der Waals surface area contributed by atoms with Crippen molar-refractivity contribution >= 4 is 17.0 Å². The molecule has 1 aliphatic heterocycles. The third-order valence-corrected chi connectivity index (χ3v) is 4.74. The van der Waals surface area contributed by atoms with Gasteiger partial charge >= 0.3 is 0 Å². The molecule has 0 spiro atoms. The molecule has 0 saturated carbocycles. The molecule has 4 rings (SSSR count). The minimum absolute atomic E-state index is 0.0529. The van der Waals surface area contributed by atoms with Gasteiger partial charge in [0.05, 0.1) is 10.9 Å². The molecule has 0 fully saturated rings. The number of ether oxygens (including phenoxy) is 1. The number of hydrogen-bond acceptors (Lipinski definition) is 3. The maximum Gasteiger partial charge on any atom is 0.261 e. The molecule has 0 aliphatic carbocycles. The second-order valence-corrected chi connectivity index (χ2v) is 6.60. The Morgan fingerprint density at radius 3 is 2.85 bits per heavy atom. The summed E-state index contributed by atoms with van der Waals surface area (Å²) in [6.07, 6.45) is 8.18. The van der Waals surface area contributed by atoms with Crippen molar-refractivity contribution < 1.29 is 4.74 Å². The smallest absolute Gasteiger partial charge is 0.261 e. The van der Waals surface area contributed by atoms with E-state index in [1.165, 1.54) is 0 Å². The van der Waals surface area contributed by atoms with Gasteiger partial charge in [0.2, 0.25) is 0 Å². The second kappa shape index (κ2) is 7.56. The van der Waals surface area contributed by atoms with Gasteiger partial charge < -0.3 is 4.74 Å². The molecule has 132 valence electrons. The second-order valence-electron chi connectivity index (χ2n) is 6.60. The predicted octanol–water partition coefficient (Wildman–Crippen LogP) is 4.22. The van der Waals surface area contributed by atoms with Gasteiger partial charge in [-0.1, -0.05) is 42.8 Å². The van der Waals surface area contributed by atoms with Crippen LogP contribution >= 0.6 is 0 Å². The summed E-state index contributed by atoms with van der Waals surface area (Å²) in [5.41, 5.74) is 1.95. The molecule has 0 bridgehead atoms. The van der Waals surface area contributed by atoms with Crippen molar-refractivity contribution in [2.75, 3.05) is 6.61 Å². The van der Waals surface area contributed by atoms with E-state index in [-0.39, 0.29) is 5.56 Å². The van der Waals surface area contributed by atoms with Gasteiger partial charge in [-0.3, -0.25) is 9.36 Å². The van der Waals surface area contributed by atoms with Crippen LogP contribution in [0.3, 0.4) is 0 Å². The maximum atomic E-state index is 12.8. The Morgan fingerprint density at radius 1 is 1.08 bits per heavy atom. The molecule has 0 atom stereocenters. The number of rotatable bonds is 4. The minimum atomic E-state index is 0.0529. The van der Waals surface area contributed by atoms with Gasteiger partial charge in [0.1, 0.15) is 18.2 Å². The zero-order chi connectivity index (χ0) is 17.8. The molecule has 0 N–H and O–H groups in total. The standard InChI is InChI=1S/C22H22N2O2/c25-22-19-16-18(26-15-7-10-17-8-3-1-4-9-17)12-13-20(19)23-21-11-5-2-6-14-24(21)22/h1,3-4,7-10,12-13,16H,2,5-6,11,14-15H2/b10-7+. The van der Waals surface area contributed by atoms with Crippen molar-refractivity contribution in [2.45, 2.75) is 32.2 Å². The molecular weight excluding hydrogens is 324 g/mol. The zero-order valence-electron chi connectivity index (χ0n) is 14.7. The highest BCUT2D eigenvalue weighted by Crippen LogP contribution is 2.19. The summed E-state index contributed by atoms with van der Waals surface area (Å²) in [4.78, 5) is 17.6. The molecule has 1 aromatic heterocycles. The fourth-order valence-corrected chi connectivity index (χ4v) is 3.38. The van der Waals surface area contributed by atoms with Crippen molar-refractivity contribution in [2.24, 2.45) is 0 Å². The Balaban J connectivity index is 1.54. The molecule has 1 aliphatic rings. The third-order valence-electron chi connectivity index (χ3n) is 4.74. The van der Waals surface area contributed by atoms with Crippen LogP contribution in [0.25, 0.3) is 17.0 Å². The van der Waals surface area contributed by atoms with Crippen molar-refractivity contribution in [3.8, 4) is 5.75 Å². The lowest BCUT2D eigenvalue weighted by Gasteiger charge is -2.11. The molecule has 4 heteroatoms. The first-order valence-corrected chi connectivity index (χ1v) is 9.19. The molecular formula is C22H22N2O2. The lowest BCUT2D eigenvalue weighted by Crippen LogP contribution is -2.24. The Hall–Kier alpha value is -2.88. The molecule has 0 amide bonds. The fourth-order valence-electron chi connectivity index (χ4n) is 3.38. The Morgan fingerprint density at radius 2 is 1.96 bits per heavy atom. The third kappa shape index (κ3) is 3.54. The summed E-state index contributed by atoms with van der Waals surface area (Å²) in [7, 11) is 0. The molecule has 0 unspecified atom stereocenters. The molecule has 2 aromatic carbocycles. The van der Waals surface area contributed by atoms with Crippen molar-refractivity contribution in [3.05, 3.63) is 76.3 Å². The van der Waals surface area contributed by atoms with Crippen LogP contribution in [0.4, 0.5) is 0 Å². The maximum absolute atomic E-state index is 12.8. The SMILES string of the molecule is O=c1c2cc(OC/C=C/c3ccccc3)ccc2nc2n1CCCCC2. The van der Waals surface area contributed by atoms with E-state index in [1.54, 1.807) is 0 Å². The van der Waals surface area contributed by atoms with E-state index in [0.29, 0.717) is 17.7 Å². The van der Waals surface area contributed by atoms with Gasteiger partial charge in [-0.25, -0.2) is 4.98 Å². The van der Waals surface area contributed by atoms with Crippen LogP contribution in [-0.4, -0.2) is 16.2 Å². The molecule has 0 radical (unpaired) electrons. The normalized spacial score (nSPS) is 14.3. The zero-order valence-corrected chi connectivity index (χ0v) is 14.7. The van der Waals surface area contributed by atoms with Crippen LogP contribution in [0.1, 0.15) is 30.7 Å². The van der Waals surface area contributed by atoms with E-state index < -0.39 is 0 Å². The van der Waals surface area contributed by atoms with Gasteiger partial charge in [0.15, 0.2) is 0 Å². The summed E-state index contributed by atoms with van der Waals surface area (Å²) in [6, 6.07) is 15.7. The Kier molecular flexibility index (Phi) is 4.82. The number of aromatic nitrogens is 2. The van der Waals surface area contributed by atoms with Crippen LogP contribution in [0.5, 0.6) is 5.75 Å². The molecule has 3 aromatic rings. The van der Waals surface area contributed by atoms with E-state index in [4.69, 9.17) is 9.72 Å². The number of aryl methyl sites for hydroxylation is 1. The first-order valence-electron chi connectivity index (χ1n) is 9.19. The van der Waals surface area contributed by atoms with E-state index >= 15 is 0 Å². The van der Waals surface area contributed by atoms with Crippen molar-refractivity contribution in [3.63, 3.8) is 0 Å². The quantitative estimate of drug-likeness (QED) is 0.711. The highest BCUT2D eigenvalue weighted by atomic mass is 16.5. The van der Waals surface area contributed by atoms with Crippen LogP contribution in [0.15, 0.2) is 59.4 Å². The summed E-state index contributed by atoms with van der Waals surface area (Å²) < 4.78 is 7.64. The minimum Gasteiger partial charge on any atom is -0.490 e. The highest BCUT2D eigenvalue weighted by molar-refractivity contribution is 5.79. The summed E-state index contributed by atoms with van der Waals surface area (Å²) in [5.74, 6) is 1.61. The predicted molar refractivity (Wildman–Crippen MR) is 105 cm³/mol. The Bertz CT molecular complexity index is 990. The van der Waals surface area contributed by atoms with Gasteiger partial charge in [-0.05, 0) is 42.7 Å². The van der Waals surface area contributed by atoms with Gasteiger partial charge in [0, 0.05) is 13.0 Å². The van der Waals surface area contributed by atoms with Gasteiger partial charge in [-0.2, -0.15) is 0 Å². The van der Waals surface area contributed by atoms with E-state index in [0.717, 1.165) is 49.1 Å². The van der Waals surface area contributed by atoms with Crippen molar-refractivity contribution in [1.29, 1.82) is 0 Å². The molecule has 4 nitrogen and oxygen atoms in total. The van der Waals surface area contributed by atoms with Crippen LogP contribution in [0.2, 0.25) is 0 Å². The van der Waals surface area contributed by atoms with Gasteiger partial charge in [-0.15, -0.1) is 0 Å². The first kappa shape index (κ1) is 16.6. The van der Waals surface area contributed by atoms with Crippen LogP contribution in [0, 0.1) is 0 Å².